The van der Waals surface area contributed by atoms with Crippen molar-refractivity contribution in [2.24, 2.45) is 0 Å². The number of likely N-dealkylation sites (N-methyl/N-ethyl adjacent to an activating group) is 4. The standard InChI is InChI=1S/2C19H25NO4.2C18H21NO4/c2*1-20-8-7-18-15-11-3-4-12(10-21)16(15)24-17(18)13(23-2)5-6-19(18,22)14(20)9-11;2*1-19-7-6-17-14-10-2-3-11(9-20)15(14)23-16(17)12(21)4-5-18(17,22)13(19)8-10/h2*3-4,13-14,17,21-22H,5-10H2,1-2H3;2*2-3,13,16,20,22H,4-9H2,1H3/t2*13?,14-,17?,18+,19?;2*13-,16?,17+,18?/m1111/s1. The summed E-state index contributed by atoms with van der Waals surface area (Å²) in [6, 6.07) is 16.4. The molecule has 8 aliphatic carbocycles. The van der Waals surface area contributed by atoms with Gasteiger partial charge < -0.3 is 88.9 Å². The summed E-state index contributed by atoms with van der Waals surface area (Å²) in [6.07, 6.45) is 9.69. The molecule has 94 heavy (non-hydrogen) atoms. The molecule has 16 aliphatic rings. The van der Waals surface area contributed by atoms with Crippen molar-refractivity contribution >= 4 is 11.6 Å². The summed E-state index contributed by atoms with van der Waals surface area (Å²) in [4.78, 5) is 34.4. The molecule has 0 aromatic heterocycles. The molecule has 4 saturated carbocycles. The van der Waals surface area contributed by atoms with E-state index in [4.69, 9.17) is 28.4 Å². The molecular weight excluding hydrogens is 1200 g/mol. The number of carbonyl (C=O) groups is 2. The third-order valence-electron chi connectivity index (χ3n) is 28.1. The first-order valence-corrected chi connectivity index (χ1v) is 34.7. The van der Waals surface area contributed by atoms with Gasteiger partial charge in [-0.25, -0.2) is 0 Å². The summed E-state index contributed by atoms with van der Waals surface area (Å²) in [5.74, 6) is 3.12. The van der Waals surface area contributed by atoms with E-state index in [0.29, 0.717) is 37.2 Å². The lowest BCUT2D eigenvalue weighted by atomic mass is 9.48. The Balaban J connectivity index is 0.0000000954. The van der Waals surface area contributed by atoms with Gasteiger partial charge in [0.05, 0.1) is 82.7 Å². The van der Waals surface area contributed by atoms with E-state index in [9.17, 15) is 50.4 Å². The number of hydrogen-bond donors (Lipinski definition) is 8. The fourth-order valence-electron chi connectivity index (χ4n) is 23.7. The van der Waals surface area contributed by atoms with E-state index in [1.807, 2.05) is 36.4 Å². The van der Waals surface area contributed by atoms with Crippen molar-refractivity contribution in [2.45, 2.75) is 234 Å². The van der Waals surface area contributed by atoms with Crippen LogP contribution in [0.5, 0.6) is 23.0 Å². The van der Waals surface area contributed by atoms with Crippen LogP contribution in [-0.4, -0.2) is 224 Å². The smallest absolute Gasteiger partial charge is 0.174 e. The number of ketones is 2. The molecule has 4 aromatic carbocycles. The van der Waals surface area contributed by atoms with Crippen LogP contribution in [0.15, 0.2) is 48.5 Å². The van der Waals surface area contributed by atoms with Gasteiger partial charge in [0.15, 0.2) is 23.8 Å². The third-order valence-corrected chi connectivity index (χ3v) is 28.1. The molecule has 8 fully saturated rings. The Morgan fingerprint density at radius 2 is 0.681 bits per heavy atom. The predicted molar refractivity (Wildman–Crippen MR) is 341 cm³/mol. The Morgan fingerprint density at radius 1 is 0.404 bits per heavy atom. The van der Waals surface area contributed by atoms with Crippen molar-refractivity contribution in [1.29, 1.82) is 0 Å². The predicted octanol–water partition coefficient (Wildman–Crippen LogP) is 3.02. The second-order valence-electron chi connectivity index (χ2n) is 31.0. The Kier molecular flexibility index (Phi) is 14.1. The Bertz CT molecular complexity index is 3610. The molecule has 18 atom stereocenters. The normalized spacial score (nSPS) is 41.7. The van der Waals surface area contributed by atoms with E-state index in [1.54, 1.807) is 14.2 Å². The molecule has 20 nitrogen and oxygen atoms in total. The minimum atomic E-state index is -0.926. The first-order chi connectivity index (χ1) is 45.2. The van der Waals surface area contributed by atoms with Crippen LogP contribution in [0.4, 0.5) is 0 Å². The maximum Gasteiger partial charge on any atom is 0.174 e. The zero-order valence-electron chi connectivity index (χ0n) is 55.0. The highest BCUT2D eigenvalue weighted by atomic mass is 16.6. The molecule has 4 aromatic rings. The molecule has 4 saturated heterocycles. The number of aliphatic hydroxyl groups excluding tert-OH is 4. The Labute approximate surface area is 548 Å². The molecule has 10 unspecified atom stereocenters. The SMILES string of the molecule is CN1CC[C@]23c4c5ccc(CO)c4OC2C(=O)CCC3(O)[C@H]1C5.CN1CC[C@]23c4c5ccc(CO)c4OC2C(=O)CCC3(O)[C@H]1C5.COC1CCC2(O)[C@H]3Cc4ccc(CO)c5c4[C@@]2(CCN3C)C1O5.COC1CCC2(O)[C@H]3Cc4ccc(CO)c5c4[C@@]2(CCN3C)C1O5. The Hall–Kier alpha value is -5.14. The van der Waals surface area contributed by atoms with Gasteiger partial charge in [-0.05, 0) is 167 Å². The van der Waals surface area contributed by atoms with Gasteiger partial charge in [0.2, 0.25) is 0 Å². The van der Waals surface area contributed by atoms with E-state index < -0.39 is 56.3 Å². The van der Waals surface area contributed by atoms with Crippen molar-refractivity contribution in [1.82, 2.24) is 19.6 Å². The van der Waals surface area contributed by atoms with Crippen LogP contribution < -0.4 is 18.9 Å². The van der Waals surface area contributed by atoms with Crippen LogP contribution in [0.2, 0.25) is 0 Å². The van der Waals surface area contributed by atoms with E-state index >= 15 is 0 Å². The summed E-state index contributed by atoms with van der Waals surface area (Å²) >= 11 is 0. The van der Waals surface area contributed by atoms with Crippen LogP contribution in [0.1, 0.15) is 144 Å². The largest absolute Gasteiger partial charge is 0.486 e. The third kappa shape index (κ3) is 7.36. The van der Waals surface area contributed by atoms with Crippen LogP contribution in [0, 0.1) is 0 Å². The van der Waals surface area contributed by atoms with Crippen LogP contribution >= 0.6 is 0 Å². The summed E-state index contributed by atoms with van der Waals surface area (Å²) < 4.78 is 36.7. The number of nitrogens with zero attached hydrogens (tertiary/aromatic N) is 4. The molecule has 0 radical (unpaired) electrons. The highest BCUT2D eigenvalue weighted by molar-refractivity contribution is 5.91. The second-order valence-corrected chi connectivity index (χ2v) is 31.0. The van der Waals surface area contributed by atoms with Crippen molar-refractivity contribution in [3.63, 3.8) is 0 Å². The highest BCUT2D eigenvalue weighted by Crippen LogP contribution is 2.69. The Morgan fingerprint density at radius 3 is 0.979 bits per heavy atom. The number of ether oxygens (including phenoxy) is 6. The second kappa shape index (κ2) is 21.2. The zero-order chi connectivity index (χ0) is 65.3. The van der Waals surface area contributed by atoms with Gasteiger partial charge in [-0.3, -0.25) is 9.59 Å². The first-order valence-electron chi connectivity index (χ1n) is 34.7. The molecule has 8 heterocycles. The molecule has 20 rings (SSSR count). The van der Waals surface area contributed by atoms with Gasteiger partial charge in [-0.2, -0.15) is 0 Å². The first kappa shape index (κ1) is 62.4. The lowest BCUT2D eigenvalue weighted by Gasteiger charge is -2.63. The number of methoxy groups -OCH3 is 2. The van der Waals surface area contributed by atoms with E-state index in [1.165, 1.54) is 11.1 Å². The summed E-state index contributed by atoms with van der Waals surface area (Å²) in [5, 5.41) is 86.2. The zero-order valence-corrected chi connectivity index (χ0v) is 55.0. The molecule has 8 N–H and O–H groups in total. The molecular formula is C74H92N4O16. The molecule has 8 bridgehead atoms. The van der Waals surface area contributed by atoms with Crippen molar-refractivity contribution in [2.75, 3.05) is 68.6 Å². The quantitative estimate of drug-likeness (QED) is 0.138. The number of benzene rings is 4. The number of aliphatic hydroxyl groups is 8. The highest BCUT2D eigenvalue weighted by Gasteiger charge is 2.77. The fourth-order valence-corrected chi connectivity index (χ4v) is 23.7. The monoisotopic (exact) mass is 1290 g/mol. The summed E-state index contributed by atoms with van der Waals surface area (Å²) in [6.45, 7) is 3.31. The van der Waals surface area contributed by atoms with Crippen LogP contribution in [0.25, 0.3) is 0 Å². The van der Waals surface area contributed by atoms with Gasteiger partial charge in [-0.15, -0.1) is 0 Å². The minimum absolute atomic E-state index is 0.0146. The van der Waals surface area contributed by atoms with Crippen LogP contribution in [-0.2, 0) is 92.8 Å². The number of Topliss-reactive ketones (excluding diaryl/α,β-unsaturated/α-hetero) is 2. The summed E-state index contributed by atoms with van der Waals surface area (Å²) in [7, 11) is 11.8. The van der Waals surface area contributed by atoms with Crippen molar-refractivity contribution in [3.8, 4) is 23.0 Å². The average Bonchev–Trinajstić information content (AvgIpc) is 1.44. The maximum atomic E-state index is 12.6. The molecule has 0 amide bonds. The maximum absolute atomic E-state index is 12.6. The van der Waals surface area contributed by atoms with Crippen LogP contribution in [0.3, 0.4) is 0 Å². The minimum Gasteiger partial charge on any atom is -0.486 e. The van der Waals surface area contributed by atoms with E-state index in [-0.39, 0.29) is 86.6 Å². The van der Waals surface area contributed by atoms with Crippen molar-refractivity contribution < 1.29 is 78.9 Å². The number of hydrogen-bond acceptors (Lipinski definition) is 20. The van der Waals surface area contributed by atoms with Crippen molar-refractivity contribution in [3.05, 3.63) is 115 Å². The number of carbonyl (C=O) groups excluding carboxylic acids is 2. The number of piperidine rings is 4. The topological polar surface area (TPSA) is 264 Å². The summed E-state index contributed by atoms with van der Waals surface area (Å²) in [5.41, 5.74) is 6.79. The lowest BCUT2D eigenvalue weighted by molar-refractivity contribution is -0.208. The average molecular weight is 1290 g/mol. The van der Waals surface area contributed by atoms with Gasteiger partial charge in [-0.1, -0.05) is 48.5 Å². The van der Waals surface area contributed by atoms with Gasteiger partial charge in [0.25, 0.3) is 0 Å². The van der Waals surface area contributed by atoms with Gasteiger partial charge in [0, 0.05) is 95.7 Å². The molecule has 20 heteroatoms. The van der Waals surface area contributed by atoms with Gasteiger partial charge in [0.1, 0.15) is 35.2 Å². The lowest BCUT2D eigenvalue weighted by Crippen LogP contribution is -2.76. The number of likely N-dealkylation sites (tertiary alicyclic amines) is 4. The number of rotatable bonds is 6. The molecule has 8 aliphatic heterocycles. The molecule has 4 spiro atoms. The van der Waals surface area contributed by atoms with Gasteiger partial charge >= 0.3 is 0 Å². The van der Waals surface area contributed by atoms with E-state index in [2.05, 4.69) is 59.9 Å². The fraction of sp³-hybridized carbons (Fsp3) is 0.649. The van der Waals surface area contributed by atoms with E-state index in [0.717, 1.165) is 170 Å². The molecule has 504 valence electrons.